The molecule has 0 aromatic carbocycles. The maximum atomic E-state index is 11.8. The second-order valence-corrected chi connectivity index (χ2v) is 4.52. The Balaban J connectivity index is 1.84. The summed E-state index contributed by atoms with van der Waals surface area (Å²) in [6.07, 6.45) is 1.86. The van der Waals surface area contributed by atoms with Crippen molar-refractivity contribution in [3.63, 3.8) is 0 Å². The van der Waals surface area contributed by atoms with Crippen LogP contribution < -0.4 is 5.32 Å². The Hall–Kier alpha value is -2.71. The average molecular weight is 293 g/mol. The predicted molar refractivity (Wildman–Crippen MR) is 70.0 cm³/mol. The van der Waals surface area contributed by atoms with Gasteiger partial charge in [-0.25, -0.2) is 0 Å². The Morgan fingerprint density at radius 1 is 1.52 bits per heavy atom. The Kier molecular flexibility index (Phi) is 4.64. The van der Waals surface area contributed by atoms with Gasteiger partial charge in [-0.2, -0.15) is 4.80 Å². The number of carboxylic acids is 1. The number of carbonyl (C=O) groups is 2. The summed E-state index contributed by atoms with van der Waals surface area (Å²) in [5, 5.41) is 22.8. The van der Waals surface area contributed by atoms with Crippen LogP contribution in [-0.4, -0.2) is 43.2 Å². The third-order valence-corrected chi connectivity index (χ3v) is 2.68. The van der Waals surface area contributed by atoms with Gasteiger partial charge in [0.15, 0.2) is 5.76 Å². The topological polar surface area (TPSA) is 123 Å². The third-order valence-electron chi connectivity index (χ3n) is 2.68. The number of tetrazole rings is 1. The number of hydrogen-bond donors (Lipinski definition) is 2. The van der Waals surface area contributed by atoms with E-state index in [1.807, 2.05) is 0 Å². The average Bonchev–Trinajstić information content (AvgIpc) is 3.06. The minimum atomic E-state index is -0.892. The molecule has 0 aliphatic heterocycles. The lowest BCUT2D eigenvalue weighted by Crippen LogP contribution is -2.35. The molecule has 1 amide bonds. The van der Waals surface area contributed by atoms with Crippen LogP contribution in [0.25, 0.3) is 11.6 Å². The van der Waals surface area contributed by atoms with Crippen LogP contribution >= 0.6 is 0 Å². The van der Waals surface area contributed by atoms with E-state index in [2.05, 4.69) is 20.7 Å². The van der Waals surface area contributed by atoms with E-state index in [0.717, 1.165) is 4.80 Å². The molecule has 2 aromatic rings. The zero-order chi connectivity index (χ0) is 15.2. The number of hydrogen-bond acceptors (Lipinski definition) is 6. The quantitative estimate of drug-likeness (QED) is 0.752. The van der Waals surface area contributed by atoms with E-state index in [1.165, 1.54) is 6.26 Å². The molecule has 0 aliphatic carbocycles. The van der Waals surface area contributed by atoms with Crippen LogP contribution in [0.5, 0.6) is 0 Å². The fraction of sp³-hybridized carbons (Fsp3) is 0.417. The van der Waals surface area contributed by atoms with E-state index in [4.69, 9.17) is 9.52 Å². The smallest absolute Gasteiger partial charge is 0.303 e. The van der Waals surface area contributed by atoms with Crippen molar-refractivity contribution in [2.24, 2.45) is 0 Å². The highest BCUT2D eigenvalue weighted by atomic mass is 16.4. The molecule has 0 saturated heterocycles. The molecule has 2 N–H and O–H groups in total. The second kappa shape index (κ2) is 6.64. The minimum absolute atomic E-state index is 0.00562. The number of aromatic nitrogens is 4. The van der Waals surface area contributed by atoms with Crippen molar-refractivity contribution >= 4 is 11.9 Å². The molecule has 2 aromatic heterocycles. The third kappa shape index (κ3) is 4.41. The number of aliphatic carboxylic acids is 1. The minimum Gasteiger partial charge on any atom is -0.481 e. The first-order valence-electron chi connectivity index (χ1n) is 6.37. The van der Waals surface area contributed by atoms with Gasteiger partial charge in [0, 0.05) is 12.5 Å². The Bertz CT molecular complexity index is 607. The first-order chi connectivity index (χ1) is 10.0. The SMILES string of the molecule is CC(CCC(=O)O)NC(=O)Cn1nnc(-c2ccco2)n1. The lowest BCUT2D eigenvalue weighted by Gasteiger charge is -2.11. The molecule has 21 heavy (non-hydrogen) atoms. The van der Waals surface area contributed by atoms with Gasteiger partial charge in [-0.15, -0.1) is 10.2 Å². The van der Waals surface area contributed by atoms with Gasteiger partial charge in [0.2, 0.25) is 11.7 Å². The Morgan fingerprint density at radius 2 is 2.33 bits per heavy atom. The number of nitrogens with zero attached hydrogens (tertiary/aromatic N) is 4. The molecule has 1 unspecified atom stereocenters. The first kappa shape index (κ1) is 14.7. The van der Waals surface area contributed by atoms with Gasteiger partial charge in [-0.3, -0.25) is 9.59 Å². The van der Waals surface area contributed by atoms with Crippen molar-refractivity contribution in [3.8, 4) is 11.6 Å². The first-order valence-corrected chi connectivity index (χ1v) is 6.37. The number of rotatable bonds is 7. The van der Waals surface area contributed by atoms with Crippen LogP contribution in [0.15, 0.2) is 22.8 Å². The predicted octanol–water partition coefficient (Wildman–Crippen LogP) is 0.303. The van der Waals surface area contributed by atoms with Gasteiger partial charge in [-0.1, -0.05) is 0 Å². The van der Waals surface area contributed by atoms with Crippen LogP contribution in [0.1, 0.15) is 19.8 Å². The van der Waals surface area contributed by atoms with Gasteiger partial charge in [-0.05, 0) is 30.7 Å². The lowest BCUT2D eigenvalue weighted by atomic mass is 10.2. The molecule has 2 heterocycles. The van der Waals surface area contributed by atoms with Gasteiger partial charge < -0.3 is 14.8 Å². The Labute approximate surface area is 119 Å². The van der Waals surface area contributed by atoms with Crippen molar-refractivity contribution in [2.75, 3.05) is 0 Å². The Morgan fingerprint density at radius 3 is 3.00 bits per heavy atom. The van der Waals surface area contributed by atoms with Crippen molar-refractivity contribution < 1.29 is 19.1 Å². The molecule has 2 rings (SSSR count). The molecule has 0 fully saturated rings. The fourth-order valence-electron chi connectivity index (χ4n) is 1.68. The maximum absolute atomic E-state index is 11.8. The lowest BCUT2D eigenvalue weighted by molar-refractivity contribution is -0.137. The van der Waals surface area contributed by atoms with E-state index in [9.17, 15) is 9.59 Å². The van der Waals surface area contributed by atoms with Crippen LogP contribution in [0, 0.1) is 0 Å². The number of carbonyl (C=O) groups excluding carboxylic acids is 1. The van der Waals surface area contributed by atoms with Crippen LogP contribution in [0.2, 0.25) is 0 Å². The molecule has 112 valence electrons. The summed E-state index contributed by atoms with van der Waals surface area (Å²) in [5.74, 6) is -0.434. The summed E-state index contributed by atoms with van der Waals surface area (Å²) >= 11 is 0. The zero-order valence-electron chi connectivity index (χ0n) is 11.4. The summed E-state index contributed by atoms with van der Waals surface area (Å²) in [6.45, 7) is 1.65. The molecule has 9 heteroatoms. The molecule has 0 spiro atoms. The zero-order valence-corrected chi connectivity index (χ0v) is 11.4. The number of carboxylic acid groups (broad SMARTS) is 1. The maximum Gasteiger partial charge on any atom is 0.303 e. The van der Waals surface area contributed by atoms with Gasteiger partial charge in [0.25, 0.3) is 0 Å². The van der Waals surface area contributed by atoms with Gasteiger partial charge in [0.1, 0.15) is 6.54 Å². The molecular formula is C12H15N5O4. The summed E-state index contributed by atoms with van der Waals surface area (Å²) < 4.78 is 5.12. The molecular weight excluding hydrogens is 278 g/mol. The molecule has 0 aliphatic rings. The summed E-state index contributed by atoms with van der Waals surface area (Å²) in [5.41, 5.74) is 0. The van der Waals surface area contributed by atoms with Crippen molar-refractivity contribution in [3.05, 3.63) is 18.4 Å². The largest absolute Gasteiger partial charge is 0.481 e. The van der Waals surface area contributed by atoms with E-state index in [1.54, 1.807) is 19.1 Å². The monoisotopic (exact) mass is 293 g/mol. The highest BCUT2D eigenvalue weighted by Gasteiger charge is 2.13. The normalized spacial score (nSPS) is 12.0. The van der Waals surface area contributed by atoms with Crippen LogP contribution in [0.3, 0.4) is 0 Å². The molecule has 1 atom stereocenters. The van der Waals surface area contributed by atoms with Gasteiger partial charge >= 0.3 is 5.97 Å². The molecule has 9 nitrogen and oxygen atoms in total. The van der Waals surface area contributed by atoms with Crippen molar-refractivity contribution in [1.29, 1.82) is 0 Å². The van der Waals surface area contributed by atoms with E-state index in [0.29, 0.717) is 18.0 Å². The fourth-order valence-corrected chi connectivity index (χ4v) is 1.68. The van der Waals surface area contributed by atoms with E-state index in [-0.39, 0.29) is 24.9 Å². The van der Waals surface area contributed by atoms with E-state index >= 15 is 0 Å². The number of amides is 1. The molecule has 0 radical (unpaired) electrons. The number of nitrogens with one attached hydrogen (secondary N) is 1. The number of furan rings is 1. The summed E-state index contributed by atoms with van der Waals surface area (Å²) in [7, 11) is 0. The van der Waals surface area contributed by atoms with Crippen molar-refractivity contribution in [1.82, 2.24) is 25.5 Å². The van der Waals surface area contributed by atoms with Crippen LogP contribution in [-0.2, 0) is 16.1 Å². The summed E-state index contributed by atoms with van der Waals surface area (Å²) in [4.78, 5) is 23.3. The molecule has 0 saturated carbocycles. The van der Waals surface area contributed by atoms with Gasteiger partial charge in [0.05, 0.1) is 6.26 Å². The van der Waals surface area contributed by atoms with Crippen molar-refractivity contribution in [2.45, 2.75) is 32.4 Å². The molecule has 0 bridgehead atoms. The highest BCUT2D eigenvalue weighted by molar-refractivity contribution is 5.76. The summed E-state index contributed by atoms with van der Waals surface area (Å²) in [6, 6.07) is 3.16. The van der Waals surface area contributed by atoms with Crippen LogP contribution in [0.4, 0.5) is 0 Å². The second-order valence-electron chi connectivity index (χ2n) is 4.52. The highest BCUT2D eigenvalue weighted by Crippen LogP contribution is 2.12. The van der Waals surface area contributed by atoms with E-state index < -0.39 is 5.97 Å². The standard InChI is InChI=1S/C12H15N5O4/c1-8(4-5-11(19)20)13-10(18)7-17-15-12(14-16-17)9-3-2-6-21-9/h2-3,6,8H,4-5,7H2,1H3,(H,13,18)(H,19,20).